The van der Waals surface area contributed by atoms with E-state index in [1.807, 2.05) is 17.9 Å². The summed E-state index contributed by atoms with van der Waals surface area (Å²) in [5.41, 5.74) is 1.69. The second kappa shape index (κ2) is 9.09. The zero-order valence-corrected chi connectivity index (χ0v) is 15.9. The Labute approximate surface area is 147 Å². The summed E-state index contributed by atoms with van der Waals surface area (Å²) < 4.78 is 1.85. The van der Waals surface area contributed by atoms with Gasteiger partial charge in [-0.15, -0.1) is 0 Å². The normalized spacial score (nSPS) is 17.5. The van der Waals surface area contributed by atoms with E-state index in [2.05, 4.69) is 42.7 Å². The molecule has 0 amide bonds. The second-order valence-corrected chi connectivity index (χ2v) is 7.70. The summed E-state index contributed by atoms with van der Waals surface area (Å²) in [5, 5.41) is 11.1. The minimum Gasteiger partial charge on any atom is -0.357 e. The van der Waals surface area contributed by atoms with Crippen LogP contribution in [0.3, 0.4) is 0 Å². The third-order valence-corrected chi connectivity index (χ3v) is 4.89. The number of aliphatic imine (C=N–C) groups is 1. The number of nitrogens with zero attached hydrogens (tertiary/aromatic N) is 3. The number of guanidine groups is 1. The molecule has 0 atom stereocenters. The summed E-state index contributed by atoms with van der Waals surface area (Å²) in [5.74, 6) is 1.70. The van der Waals surface area contributed by atoms with Crippen LogP contribution in [0.5, 0.6) is 0 Å². The van der Waals surface area contributed by atoms with Gasteiger partial charge in [0.25, 0.3) is 0 Å². The number of aryl methyl sites for hydroxylation is 1. The maximum Gasteiger partial charge on any atom is 0.191 e. The van der Waals surface area contributed by atoms with Gasteiger partial charge in [0.05, 0.1) is 6.20 Å². The van der Waals surface area contributed by atoms with Crippen LogP contribution >= 0.6 is 0 Å². The highest BCUT2D eigenvalue weighted by Gasteiger charge is 2.34. The quantitative estimate of drug-likeness (QED) is 0.568. The highest BCUT2D eigenvalue weighted by Crippen LogP contribution is 2.43. The van der Waals surface area contributed by atoms with Gasteiger partial charge in [-0.3, -0.25) is 9.67 Å². The second-order valence-electron chi connectivity index (χ2n) is 7.70. The van der Waals surface area contributed by atoms with Crippen molar-refractivity contribution in [1.82, 2.24) is 20.4 Å². The molecule has 0 bridgehead atoms. The van der Waals surface area contributed by atoms with Crippen molar-refractivity contribution in [3.05, 3.63) is 18.0 Å². The zero-order chi connectivity index (χ0) is 17.4. The molecule has 0 saturated heterocycles. The van der Waals surface area contributed by atoms with Crippen molar-refractivity contribution in [3.8, 4) is 0 Å². The molecule has 1 aromatic rings. The first kappa shape index (κ1) is 18.8. The van der Waals surface area contributed by atoms with Crippen molar-refractivity contribution >= 4 is 5.96 Å². The largest absolute Gasteiger partial charge is 0.357 e. The molecular weight excluding hydrogens is 298 g/mol. The molecule has 0 aliphatic heterocycles. The number of hydrogen-bond donors (Lipinski definition) is 2. The van der Waals surface area contributed by atoms with Crippen molar-refractivity contribution in [1.29, 1.82) is 0 Å². The van der Waals surface area contributed by atoms with Crippen molar-refractivity contribution < 1.29 is 0 Å². The third kappa shape index (κ3) is 5.84. The zero-order valence-electron chi connectivity index (χ0n) is 15.9. The Balaban J connectivity index is 1.88. The Morgan fingerprint density at radius 1 is 1.33 bits per heavy atom. The number of rotatable bonds is 8. The fourth-order valence-electron chi connectivity index (χ4n) is 3.93. The van der Waals surface area contributed by atoms with Gasteiger partial charge in [-0.1, -0.05) is 26.7 Å². The molecule has 24 heavy (non-hydrogen) atoms. The summed E-state index contributed by atoms with van der Waals surface area (Å²) in [6.07, 6.45) is 11.7. The van der Waals surface area contributed by atoms with Gasteiger partial charge in [-0.2, -0.15) is 5.10 Å². The number of hydrogen-bond acceptors (Lipinski definition) is 2. The summed E-state index contributed by atoms with van der Waals surface area (Å²) in [6.45, 7) is 9.53. The predicted octanol–water partition coefficient (Wildman–Crippen LogP) is 3.12. The molecule has 1 saturated carbocycles. The van der Waals surface area contributed by atoms with Crippen molar-refractivity contribution in [3.63, 3.8) is 0 Å². The molecule has 1 aromatic heterocycles. The Hall–Kier alpha value is -1.52. The SMILES string of the molecule is CCNC(=NCC1(CC(C)C)CCCC1)NCCc1cnn(C)c1. The number of nitrogens with one attached hydrogen (secondary N) is 2. The highest BCUT2D eigenvalue weighted by molar-refractivity contribution is 5.79. The van der Waals surface area contributed by atoms with E-state index in [1.165, 1.54) is 37.7 Å². The molecular formula is C19H35N5. The number of aromatic nitrogens is 2. The summed E-state index contributed by atoms with van der Waals surface area (Å²) >= 11 is 0. The third-order valence-electron chi connectivity index (χ3n) is 4.89. The predicted molar refractivity (Wildman–Crippen MR) is 101 cm³/mol. The van der Waals surface area contributed by atoms with Gasteiger partial charge in [0.1, 0.15) is 0 Å². The van der Waals surface area contributed by atoms with Crippen molar-refractivity contribution in [2.45, 2.75) is 59.3 Å². The van der Waals surface area contributed by atoms with E-state index < -0.39 is 0 Å². The van der Waals surface area contributed by atoms with Crippen LogP contribution in [0.15, 0.2) is 17.4 Å². The van der Waals surface area contributed by atoms with Crippen LogP contribution in [0.25, 0.3) is 0 Å². The lowest BCUT2D eigenvalue weighted by Gasteiger charge is -2.29. The molecule has 5 nitrogen and oxygen atoms in total. The van der Waals surface area contributed by atoms with Gasteiger partial charge in [0.15, 0.2) is 5.96 Å². The van der Waals surface area contributed by atoms with Gasteiger partial charge < -0.3 is 10.6 Å². The molecule has 0 unspecified atom stereocenters. The van der Waals surface area contributed by atoms with E-state index in [9.17, 15) is 0 Å². The minimum absolute atomic E-state index is 0.430. The van der Waals surface area contributed by atoms with E-state index in [-0.39, 0.29) is 0 Å². The molecule has 1 aliphatic rings. The Morgan fingerprint density at radius 2 is 2.08 bits per heavy atom. The maximum atomic E-state index is 4.93. The van der Waals surface area contributed by atoms with Crippen LogP contribution in [-0.4, -0.2) is 35.4 Å². The van der Waals surface area contributed by atoms with Crippen molar-refractivity contribution in [2.24, 2.45) is 23.4 Å². The first-order valence-corrected chi connectivity index (χ1v) is 9.53. The average Bonchev–Trinajstić information content (AvgIpc) is 3.14. The molecule has 1 heterocycles. The highest BCUT2D eigenvalue weighted by atomic mass is 15.2. The molecule has 1 aliphatic carbocycles. The minimum atomic E-state index is 0.430. The van der Waals surface area contributed by atoms with Gasteiger partial charge in [0.2, 0.25) is 0 Å². The van der Waals surface area contributed by atoms with E-state index in [0.29, 0.717) is 5.41 Å². The van der Waals surface area contributed by atoms with E-state index in [1.54, 1.807) is 0 Å². The average molecular weight is 334 g/mol. The molecule has 136 valence electrons. The molecule has 0 radical (unpaired) electrons. The molecule has 0 aromatic carbocycles. The summed E-state index contributed by atoms with van der Waals surface area (Å²) in [6, 6.07) is 0. The molecule has 2 N–H and O–H groups in total. The lowest BCUT2D eigenvalue weighted by Crippen LogP contribution is -2.39. The van der Waals surface area contributed by atoms with Crippen LogP contribution in [0.1, 0.15) is 58.4 Å². The van der Waals surface area contributed by atoms with E-state index >= 15 is 0 Å². The fourth-order valence-corrected chi connectivity index (χ4v) is 3.93. The molecule has 2 rings (SSSR count). The lowest BCUT2D eigenvalue weighted by molar-refractivity contribution is 0.245. The van der Waals surface area contributed by atoms with E-state index in [4.69, 9.17) is 4.99 Å². The van der Waals surface area contributed by atoms with E-state index in [0.717, 1.165) is 37.9 Å². The first-order valence-electron chi connectivity index (χ1n) is 9.53. The Morgan fingerprint density at radius 3 is 2.67 bits per heavy atom. The summed E-state index contributed by atoms with van der Waals surface area (Å²) in [4.78, 5) is 4.93. The van der Waals surface area contributed by atoms with Crippen LogP contribution < -0.4 is 10.6 Å². The van der Waals surface area contributed by atoms with Crippen LogP contribution in [0.4, 0.5) is 0 Å². The van der Waals surface area contributed by atoms with Crippen LogP contribution in [0, 0.1) is 11.3 Å². The molecule has 0 spiro atoms. The lowest BCUT2D eigenvalue weighted by atomic mass is 9.78. The fraction of sp³-hybridized carbons (Fsp3) is 0.789. The first-order chi connectivity index (χ1) is 11.5. The monoisotopic (exact) mass is 333 g/mol. The van der Waals surface area contributed by atoms with Gasteiger partial charge in [-0.25, -0.2) is 0 Å². The Kier molecular flexibility index (Phi) is 7.13. The van der Waals surface area contributed by atoms with Gasteiger partial charge in [-0.05, 0) is 49.5 Å². The van der Waals surface area contributed by atoms with Gasteiger partial charge in [0, 0.05) is 32.9 Å². The Bertz CT molecular complexity index is 512. The standard InChI is InChI=1S/C19H35N5/c1-5-20-18(21-11-8-17-13-23-24(4)14-17)22-15-19(12-16(2)3)9-6-7-10-19/h13-14,16H,5-12,15H2,1-4H3,(H2,20,21,22). The van der Waals surface area contributed by atoms with Gasteiger partial charge >= 0.3 is 0 Å². The van der Waals surface area contributed by atoms with Crippen LogP contribution in [0.2, 0.25) is 0 Å². The van der Waals surface area contributed by atoms with Crippen molar-refractivity contribution in [2.75, 3.05) is 19.6 Å². The smallest absolute Gasteiger partial charge is 0.191 e. The molecule has 1 fully saturated rings. The maximum absolute atomic E-state index is 4.93. The topological polar surface area (TPSA) is 54.2 Å². The molecule has 5 heteroatoms. The van der Waals surface area contributed by atoms with Crippen LogP contribution in [-0.2, 0) is 13.5 Å². The summed E-state index contributed by atoms with van der Waals surface area (Å²) in [7, 11) is 1.96.